The van der Waals surface area contributed by atoms with Crippen LogP contribution in [-0.2, 0) is 22.4 Å². The Morgan fingerprint density at radius 1 is 1.24 bits per heavy atom. The highest BCUT2D eigenvalue weighted by molar-refractivity contribution is 5.88. The maximum atomic E-state index is 12.7. The molecule has 0 bridgehead atoms. The number of nitrogens with one attached hydrogen (secondary N) is 2. The SMILES string of the molecule is CCN1CCNC(=O)C1CC(=O)N1CCc2nc(C)[nH]c(=O)c2CC1. The largest absolute Gasteiger partial charge is 0.353 e. The molecule has 0 aromatic carbocycles. The van der Waals surface area contributed by atoms with Crippen LogP contribution in [0.5, 0.6) is 0 Å². The van der Waals surface area contributed by atoms with E-state index in [1.165, 1.54) is 0 Å². The number of amides is 2. The van der Waals surface area contributed by atoms with Crippen molar-refractivity contribution in [3.63, 3.8) is 0 Å². The summed E-state index contributed by atoms with van der Waals surface area (Å²) in [5.41, 5.74) is 1.34. The minimum atomic E-state index is -0.402. The van der Waals surface area contributed by atoms with Crippen molar-refractivity contribution < 1.29 is 9.59 Å². The second-order valence-corrected chi connectivity index (χ2v) is 6.60. The maximum absolute atomic E-state index is 12.7. The second-order valence-electron chi connectivity index (χ2n) is 6.60. The van der Waals surface area contributed by atoms with Gasteiger partial charge in [-0.05, 0) is 19.9 Å². The molecular weight excluding hydrogens is 322 g/mol. The Hall–Kier alpha value is -2.22. The number of hydrogen-bond donors (Lipinski definition) is 2. The van der Waals surface area contributed by atoms with Crippen LogP contribution in [0.25, 0.3) is 0 Å². The average Bonchev–Trinajstić information content (AvgIpc) is 2.79. The van der Waals surface area contributed by atoms with Crippen molar-refractivity contribution in [2.24, 2.45) is 0 Å². The molecular formula is C17H25N5O3. The maximum Gasteiger partial charge on any atom is 0.254 e. The molecule has 1 aromatic rings. The van der Waals surface area contributed by atoms with E-state index in [1.54, 1.807) is 11.8 Å². The molecule has 0 aliphatic carbocycles. The van der Waals surface area contributed by atoms with Gasteiger partial charge in [-0.2, -0.15) is 0 Å². The zero-order valence-corrected chi connectivity index (χ0v) is 14.8. The average molecular weight is 347 g/mol. The summed E-state index contributed by atoms with van der Waals surface area (Å²) >= 11 is 0. The van der Waals surface area contributed by atoms with Crippen LogP contribution in [0.2, 0.25) is 0 Å². The minimum Gasteiger partial charge on any atom is -0.353 e. The van der Waals surface area contributed by atoms with Crippen LogP contribution in [0.15, 0.2) is 4.79 Å². The number of piperazine rings is 1. The van der Waals surface area contributed by atoms with Gasteiger partial charge in [-0.25, -0.2) is 4.98 Å². The van der Waals surface area contributed by atoms with Gasteiger partial charge in [-0.15, -0.1) is 0 Å². The predicted molar refractivity (Wildman–Crippen MR) is 92.2 cm³/mol. The highest BCUT2D eigenvalue weighted by Gasteiger charge is 2.32. The molecule has 1 atom stereocenters. The van der Waals surface area contributed by atoms with E-state index in [2.05, 4.69) is 15.3 Å². The molecule has 2 aliphatic rings. The summed E-state index contributed by atoms with van der Waals surface area (Å²) in [6.45, 7) is 6.92. The Morgan fingerprint density at radius 3 is 2.76 bits per heavy atom. The fourth-order valence-electron chi connectivity index (χ4n) is 3.64. The number of carbonyl (C=O) groups is 2. The Bertz CT molecular complexity index is 729. The Balaban J connectivity index is 1.69. The van der Waals surface area contributed by atoms with Gasteiger partial charge in [0.05, 0.1) is 18.2 Å². The van der Waals surface area contributed by atoms with Gasteiger partial charge in [0, 0.05) is 38.2 Å². The quantitative estimate of drug-likeness (QED) is 0.747. The third-order valence-corrected chi connectivity index (χ3v) is 5.04. The molecule has 0 radical (unpaired) electrons. The molecule has 1 saturated heterocycles. The first-order chi connectivity index (χ1) is 12.0. The minimum absolute atomic E-state index is 0.0403. The molecule has 2 N–H and O–H groups in total. The molecule has 25 heavy (non-hydrogen) atoms. The number of likely N-dealkylation sites (N-methyl/N-ethyl adjacent to an activating group) is 1. The van der Waals surface area contributed by atoms with Crippen LogP contribution < -0.4 is 10.9 Å². The molecule has 3 heterocycles. The summed E-state index contributed by atoms with van der Waals surface area (Å²) in [6, 6.07) is -0.402. The van der Waals surface area contributed by atoms with E-state index in [4.69, 9.17) is 0 Å². The molecule has 2 amide bonds. The molecule has 1 fully saturated rings. The number of aryl methyl sites for hydroxylation is 1. The van der Waals surface area contributed by atoms with Crippen molar-refractivity contribution in [2.45, 2.75) is 39.2 Å². The Labute approximate surface area is 146 Å². The van der Waals surface area contributed by atoms with E-state index < -0.39 is 6.04 Å². The van der Waals surface area contributed by atoms with Crippen LogP contribution in [0.4, 0.5) is 0 Å². The topological polar surface area (TPSA) is 98.4 Å². The summed E-state index contributed by atoms with van der Waals surface area (Å²) in [5.74, 6) is 0.482. The normalized spacial score (nSPS) is 21.4. The first-order valence-electron chi connectivity index (χ1n) is 8.87. The van der Waals surface area contributed by atoms with E-state index in [0.717, 1.165) is 18.8 Å². The van der Waals surface area contributed by atoms with E-state index >= 15 is 0 Å². The van der Waals surface area contributed by atoms with Gasteiger partial charge in [0.2, 0.25) is 11.8 Å². The zero-order chi connectivity index (χ0) is 18.0. The van der Waals surface area contributed by atoms with E-state index in [-0.39, 0.29) is 23.8 Å². The van der Waals surface area contributed by atoms with Crippen molar-refractivity contribution in [3.8, 4) is 0 Å². The first-order valence-corrected chi connectivity index (χ1v) is 8.87. The van der Waals surface area contributed by atoms with Crippen LogP contribution in [0, 0.1) is 6.92 Å². The number of rotatable bonds is 3. The van der Waals surface area contributed by atoms with Gasteiger partial charge >= 0.3 is 0 Å². The van der Waals surface area contributed by atoms with E-state index in [9.17, 15) is 14.4 Å². The second kappa shape index (κ2) is 7.35. The number of fused-ring (bicyclic) bond motifs is 1. The van der Waals surface area contributed by atoms with Crippen molar-refractivity contribution in [2.75, 3.05) is 32.7 Å². The zero-order valence-electron chi connectivity index (χ0n) is 14.8. The Kier molecular flexibility index (Phi) is 5.17. The standard InChI is InChI=1S/C17H25N5O3/c1-3-21-9-6-18-17(25)14(21)10-15(23)22-7-4-12-13(5-8-22)19-11(2)20-16(12)24/h14H,3-10H2,1-2H3,(H,18,25)(H,19,20,24). The highest BCUT2D eigenvalue weighted by Crippen LogP contribution is 2.14. The van der Waals surface area contributed by atoms with Crippen LogP contribution in [-0.4, -0.2) is 70.3 Å². The van der Waals surface area contributed by atoms with Crippen LogP contribution in [0.1, 0.15) is 30.4 Å². The summed E-state index contributed by atoms with van der Waals surface area (Å²) in [5, 5.41) is 2.84. The first kappa shape index (κ1) is 17.6. The molecule has 1 unspecified atom stereocenters. The Morgan fingerprint density at radius 2 is 2.00 bits per heavy atom. The van der Waals surface area contributed by atoms with Crippen molar-refractivity contribution >= 4 is 11.8 Å². The van der Waals surface area contributed by atoms with Gasteiger partial charge < -0.3 is 15.2 Å². The summed E-state index contributed by atoms with van der Waals surface area (Å²) in [7, 11) is 0. The lowest BCUT2D eigenvalue weighted by Crippen LogP contribution is -2.56. The number of nitrogens with zero attached hydrogens (tertiary/aromatic N) is 3. The lowest BCUT2D eigenvalue weighted by Gasteiger charge is -2.34. The van der Waals surface area contributed by atoms with Crippen molar-refractivity contribution in [1.29, 1.82) is 0 Å². The number of aromatic amines is 1. The fraction of sp³-hybridized carbons (Fsp3) is 0.647. The van der Waals surface area contributed by atoms with E-state index in [0.29, 0.717) is 43.9 Å². The molecule has 0 saturated carbocycles. The monoisotopic (exact) mass is 347 g/mol. The third-order valence-electron chi connectivity index (χ3n) is 5.04. The predicted octanol–water partition coefficient (Wildman–Crippen LogP) is -0.784. The summed E-state index contributed by atoms with van der Waals surface area (Å²) in [6.07, 6.45) is 1.25. The molecule has 1 aromatic heterocycles. The molecule has 136 valence electrons. The number of aromatic nitrogens is 2. The lowest BCUT2D eigenvalue weighted by atomic mass is 10.1. The molecule has 2 aliphatic heterocycles. The molecule has 0 spiro atoms. The van der Waals surface area contributed by atoms with Crippen LogP contribution in [0.3, 0.4) is 0 Å². The van der Waals surface area contributed by atoms with Crippen molar-refractivity contribution in [1.82, 2.24) is 25.1 Å². The molecule has 8 nitrogen and oxygen atoms in total. The van der Waals surface area contributed by atoms with Crippen molar-refractivity contribution in [3.05, 3.63) is 27.4 Å². The van der Waals surface area contributed by atoms with Gasteiger partial charge in [-0.3, -0.25) is 19.3 Å². The summed E-state index contributed by atoms with van der Waals surface area (Å²) < 4.78 is 0. The number of H-pyrrole nitrogens is 1. The van der Waals surface area contributed by atoms with Gasteiger partial charge in [0.25, 0.3) is 5.56 Å². The number of carbonyl (C=O) groups excluding carboxylic acids is 2. The van der Waals surface area contributed by atoms with Gasteiger partial charge in [0.1, 0.15) is 5.82 Å². The van der Waals surface area contributed by atoms with Crippen LogP contribution >= 0.6 is 0 Å². The third kappa shape index (κ3) is 3.73. The lowest BCUT2D eigenvalue weighted by molar-refractivity contribution is -0.138. The molecule has 3 rings (SSSR count). The summed E-state index contributed by atoms with van der Waals surface area (Å²) in [4.78, 5) is 47.9. The molecule has 8 heteroatoms. The highest BCUT2D eigenvalue weighted by atomic mass is 16.2. The fourth-order valence-corrected chi connectivity index (χ4v) is 3.64. The number of hydrogen-bond acceptors (Lipinski definition) is 5. The van der Waals surface area contributed by atoms with Gasteiger partial charge in [0.15, 0.2) is 0 Å². The van der Waals surface area contributed by atoms with Gasteiger partial charge in [-0.1, -0.05) is 6.92 Å². The van der Waals surface area contributed by atoms with E-state index in [1.807, 2.05) is 11.8 Å². The smallest absolute Gasteiger partial charge is 0.254 e.